The van der Waals surface area contributed by atoms with Gasteiger partial charge in [-0.15, -0.1) is 0 Å². The lowest BCUT2D eigenvalue weighted by Crippen LogP contribution is -2.58. The molecule has 23 heavy (non-hydrogen) atoms. The zero-order valence-corrected chi connectivity index (χ0v) is 13.6. The number of carbonyl (C=O) groups excluding carboxylic acids is 1. The third kappa shape index (κ3) is 3.23. The minimum Gasteiger partial charge on any atom is -0.444 e. The molecule has 3 rings (SSSR count). The van der Waals surface area contributed by atoms with Crippen LogP contribution in [0.2, 0.25) is 0 Å². The number of hydrogen-bond donors (Lipinski definition) is 0. The molecular formula is C16H21F2N3O2. The van der Waals surface area contributed by atoms with Crippen LogP contribution in [0.5, 0.6) is 0 Å². The molecule has 0 unspecified atom stereocenters. The average molecular weight is 325 g/mol. The van der Waals surface area contributed by atoms with Crippen molar-refractivity contribution in [2.75, 3.05) is 24.5 Å². The van der Waals surface area contributed by atoms with E-state index in [-0.39, 0.29) is 17.5 Å². The molecule has 0 N–H and O–H groups in total. The summed E-state index contributed by atoms with van der Waals surface area (Å²) in [6.07, 6.45) is 2.39. The van der Waals surface area contributed by atoms with Gasteiger partial charge in [0.1, 0.15) is 11.4 Å². The van der Waals surface area contributed by atoms with E-state index in [1.807, 2.05) is 20.8 Å². The molecule has 0 radical (unpaired) electrons. The van der Waals surface area contributed by atoms with Gasteiger partial charge in [-0.25, -0.2) is 18.6 Å². The van der Waals surface area contributed by atoms with Gasteiger partial charge in [-0.1, -0.05) is 0 Å². The second-order valence-electron chi connectivity index (χ2n) is 7.24. The molecule has 2 aliphatic rings. The number of rotatable bonds is 1. The van der Waals surface area contributed by atoms with Gasteiger partial charge in [0.2, 0.25) is 0 Å². The standard InChI is InChI=1S/C16H21F2N3O2/c1-15(2,3)23-14(22)21-7-6-20(10-16(21)4-5-16)13-12(18)8-11(17)9-19-13/h8-9H,4-7,10H2,1-3H3. The summed E-state index contributed by atoms with van der Waals surface area (Å²) >= 11 is 0. The Morgan fingerprint density at radius 2 is 2.00 bits per heavy atom. The third-order valence-corrected chi connectivity index (χ3v) is 4.18. The molecule has 2 fully saturated rings. The smallest absolute Gasteiger partial charge is 0.410 e. The van der Waals surface area contributed by atoms with Crippen molar-refractivity contribution in [1.82, 2.24) is 9.88 Å². The molecule has 1 amide bonds. The summed E-state index contributed by atoms with van der Waals surface area (Å²) in [5.74, 6) is -1.23. The van der Waals surface area contributed by atoms with Gasteiger partial charge >= 0.3 is 6.09 Å². The monoisotopic (exact) mass is 325 g/mol. The summed E-state index contributed by atoms with van der Waals surface area (Å²) in [7, 11) is 0. The maximum Gasteiger partial charge on any atom is 0.410 e. The van der Waals surface area contributed by atoms with Crippen molar-refractivity contribution in [3.63, 3.8) is 0 Å². The second-order valence-corrected chi connectivity index (χ2v) is 7.24. The molecule has 1 saturated carbocycles. The first-order chi connectivity index (χ1) is 10.7. The summed E-state index contributed by atoms with van der Waals surface area (Å²) in [5, 5.41) is 0. The largest absolute Gasteiger partial charge is 0.444 e. The molecule has 1 aliphatic heterocycles. The van der Waals surface area contributed by atoms with E-state index in [0.717, 1.165) is 25.1 Å². The number of piperazine rings is 1. The summed E-state index contributed by atoms with van der Waals surface area (Å²) < 4.78 is 32.4. The van der Waals surface area contributed by atoms with Gasteiger partial charge in [0, 0.05) is 25.7 Å². The molecular weight excluding hydrogens is 304 g/mol. The summed E-state index contributed by atoms with van der Waals surface area (Å²) in [6.45, 7) is 6.86. The van der Waals surface area contributed by atoms with Crippen molar-refractivity contribution >= 4 is 11.9 Å². The van der Waals surface area contributed by atoms with Gasteiger partial charge < -0.3 is 9.64 Å². The van der Waals surface area contributed by atoms with Crippen LogP contribution < -0.4 is 4.90 Å². The Hall–Kier alpha value is -1.92. The number of aromatic nitrogens is 1. The minimum absolute atomic E-state index is 0.140. The number of hydrogen-bond acceptors (Lipinski definition) is 4. The molecule has 1 aromatic heterocycles. The van der Waals surface area contributed by atoms with E-state index in [4.69, 9.17) is 4.74 Å². The molecule has 7 heteroatoms. The molecule has 126 valence electrons. The highest BCUT2D eigenvalue weighted by Gasteiger charge is 2.54. The molecule has 2 heterocycles. The maximum atomic E-state index is 13.9. The lowest BCUT2D eigenvalue weighted by molar-refractivity contribution is 0.0106. The highest BCUT2D eigenvalue weighted by Crippen LogP contribution is 2.45. The minimum atomic E-state index is -0.695. The topological polar surface area (TPSA) is 45.7 Å². The second kappa shape index (κ2) is 5.32. The van der Waals surface area contributed by atoms with Crippen molar-refractivity contribution < 1.29 is 18.3 Å². The molecule has 5 nitrogen and oxygen atoms in total. The predicted molar refractivity (Wildman–Crippen MR) is 81.3 cm³/mol. The predicted octanol–water partition coefficient (Wildman–Crippen LogP) is 2.95. The van der Waals surface area contributed by atoms with E-state index >= 15 is 0 Å². The van der Waals surface area contributed by atoms with Crippen molar-refractivity contribution in [3.8, 4) is 0 Å². The van der Waals surface area contributed by atoms with Gasteiger partial charge in [0.15, 0.2) is 11.6 Å². The van der Waals surface area contributed by atoms with Crippen molar-refractivity contribution in [2.45, 2.75) is 44.8 Å². The average Bonchev–Trinajstić information content (AvgIpc) is 3.16. The Bertz CT molecular complexity index is 626. The fraction of sp³-hybridized carbons (Fsp3) is 0.625. The lowest BCUT2D eigenvalue weighted by Gasteiger charge is -2.42. The zero-order valence-electron chi connectivity index (χ0n) is 13.6. The lowest BCUT2D eigenvalue weighted by atomic mass is 10.1. The van der Waals surface area contributed by atoms with Gasteiger partial charge in [-0.05, 0) is 33.6 Å². The maximum absolute atomic E-state index is 13.9. The Morgan fingerprint density at radius 1 is 1.30 bits per heavy atom. The highest BCUT2D eigenvalue weighted by atomic mass is 19.1. The molecule has 0 atom stereocenters. The number of halogens is 2. The van der Waals surface area contributed by atoms with E-state index < -0.39 is 17.2 Å². The van der Waals surface area contributed by atoms with Crippen molar-refractivity contribution in [3.05, 3.63) is 23.9 Å². The van der Waals surface area contributed by atoms with Crippen molar-refractivity contribution in [2.24, 2.45) is 0 Å². The molecule has 0 aromatic carbocycles. The number of nitrogens with zero attached hydrogens (tertiary/aromatic N) is 3. The number of anilines is 1. The van der Waals surface area contributed by atoms with Crippen LogP contribution in [-0.2, 0) is 4.74 Å². The van der Waals surface area contributed by atoms with Crippen LogP contribution in [0.25, 0.3) is 0 Å². The van der Waals surface area contributed by atoms with Crippen LogP contribution in [0.1, 0.15) is 33.6 Å². The van der Waals surface area contributed by atoms with Crippen LogP contribution in [0.15, 0.2) is 12.3 Å². The number of ether oxygens (including phenoxy) is 1. The van der Waals surface area contributed by atoms with Crippen LogP contribution >= 0.6 is 0 Å². The van der Waals surface area contributed by atoms with Gasteiger partial charge in [-0.2, -0.15) is 0 Å². The fourth-order valence-electron chi connectivity index (χ4n) is 2.97. The first kappa shape index (κ1) is 16.0. The van der Waals surface area contributed by atoms with Crippen LogP contribution in [0.4, 0.5) is 19.4 Å². The van der Waals surface area contributed by atoms with E-state index in [2.05, 4.69) is 4.98 Å². The van der Waals surface area contributed by atoms with E-state index in [9.17, 15) is 13.6 Å². The first-order valence-electron chi connectivity index (χ1n) is 7.77. The fourth-order valence-corrected chi connectivity index (χ4v) is 2.97. The van der Waals surface area contributed by atoms with Crippen LogP contribution in [0.3, 0.4) is 0 Å². The van der Waals surface area contributed by atoms with Crippen LogP contribution in [-0.4, -0.2) is 46.8 Å². The third-order valence-electron chi connectivity index (χ3n) is 4.18. The molecule has 1 aromatic rings. The summed E-state index contributed by atoms with van der Waals surface area (Å²) in [6, 6.07) is 0.835. The van der Waals surface area contributed by atoms with Crippen LogP contribution in [0, 0.1) is 11.6 Å². The summed E-state index contributed by atoms with van der Waals surface area (Å²) in [4.78, 5) is 19.8. The molecule has 0 bridgehead atoms. The normalized spacial score (nSPS) is 19.9. The number of carbonyl (C=O) groups is 1. The highest BCUT2D eigenvalue weighted by molar-refractivity contribution is 5.70. The Balaban J connectivity index is 1.75. The van der Waals surface area contributed by atoms with Crippen molar-refractivity contribution in [1.29, 1.82) is 0 Å². The Morgan fingerprint density at radius 3 is 2.57 bits per heavy atom. The Labute approximate surface area is 134 Å². The van der Waals surface area contributed by atoms with Gasteiger partial charge in [0.05, 0.1) is 11.7 Å². The zero-order chi connectivity index (χ0) is 16.8. The quantitative estimate of drug-likeness (QED) is 0.796. The number of amides is 1. The number of pyridine rings is 1. The van der Waals surface area contributed by atoms with Gasteiger partial charge in [-0.3, -0.25) is 4.90 Å². The Kier molecular flexibility index (Phi) is 3.69. The van der Waals surface area contributed by atoms with E-state index in [1.165, 1.54) is 0 Å². The molecule has 1 saturated heterocycles. The molecule has 1 aliphatic carbocycles. The first-order valence-corrected chi connectivity index (χ1v) is 7.77. The van der Waals surface area contributed by atoms with E-state index in [0.29, 0.717) is 19.6 Å². The molecule has 1 spiro atoms. The van der Waals surface area contributed by atoms with Gasteiger partial charge in [0.25, 0.3) is 0 Å². The SMILES string of the molecule is CC(C)(C)OC(=O)N1CCN(c2ncc(F)cc2F)CC12CC2. The summed E-state index contributed by atoms with van der Waals surface area (Å²) in [5.41, 5.74) is -0.863. The van der Waals surface area contributed by atoms with E-state index in [1.54, 1.807) is 9.80 Å².